The predicted molar refractivity (Wildman–Crippen MR) is 104 cm³/mol. The topological polar surface area (TPSA) is 115 Å². The molecule has 0 spiro atoms. The molecule has 0 aliphatic heterocycles. The molecule has 4 N–H and O–H groups in total. The van der Waals surface area contributed by atoms with Crippen molar-refractivity contribution in [3.63, 3.8) is 0 Å². The summed E-state index contributed by atoms with van der Waals surface area (Å²) in [6.45, 7) is 1.93. The van der Waals surface area contributed by atoms with Gasteiger partial charge in [0.15, 0.2) is 0 Å². The van der Waals surface area contributed by atoms with Gasteiger partial charge in [0.25, 0.3) is 0 Å². The zero-order valence-corrected chi connectivity index (χ0v) is 14.8. The fourth-order valence-electron chi connectivity index (χ4n) is 2.39. The Kier molecular flexibility index (Phi) is 5.91. The van der Waals surface area contributed by atoms with E-state index >= 15 is 0 Å². The SMILES string of the molecule is CC(=O)Nc1cccc(NCOCc2nc(-c3cccnc3)cnc2N)c1. The lowest BCUT2D eigenvalue weighted by Crippen LogP contribution is -2.10. The van der Waals surface area contributed by atoms with E-state index in [1.54, 1.807) is 18.6 Å². The van der Waals surface area contributed by atoms with Gasteiger partial charge < -0.3 is 21.1 Å². The number of rotatable bonds is 7. The van der Waals surface area contributed by atoms with Crippen LogP contribution >= 0.6 is 0 Å². The maximum Gasteiger partial charge on any atom is 0.221 e. The lowest BCUT2D eigenvalue weighted by atomic mass is 10.2. The predicted octanol–water partition coefficient (Wildman–Crippen LogP) is 2.67. The van der Waals surface area contributed by atoms with Crippen molar-refractivity contribution in [2.24, 2.45) is 0 Å². The minimum absolute atomic E-state index is 0.119. The minimum atomic E-state index is -0.119. The lowest BCUT2D eigenvalue weighted by molar-refractivity contribution is -0.114. The molecule has 0 unspecified atom stereocenters. The third kappa shape index (κ3) is 5.23. The Morgan fingerprint density at radius 3 is 2.81 bits per heavy atom. The highest BCUT2D eigenvalue weighted by Gasteiger charge is 2.07. The molecule has 0 saturated carbocycles. The van der Waals surface area contributed by atoms with Crippen LogP contribution < -0.4 is 16.4 Å². The second-order valence-electron chi connectivity index (χ2n) is 5.76. The molecule has 27 heavy (non-hydrogen) atoms. The van der Waals surface area contributed by atoms with E-state index < -0.39 is 0 Å². The number of nitrogen functional groups attached to an aromatic ring is 1. The molecular weight excluding hydrogens is 344 g/mol. The standard InChI is InChI=1S/C19H20N6O2/c1-13(26)24-16-6-2-5-15(8-16)23-12-27-11-18-19(20)22-10-17(25-18)14-4-3-7-21-9-14/h2-10,23H,11-12H2,1H3,(H2,20,22)(H,24,26). The van der Waals surface area contributed by atoms with Crippen molar-refractivity contribution in [2.45, 2.75) is 13.5 Å². The number of carbonyl (C=O) groups excluding carboxylic acids is 1. The number of amides is 1. The Balaban J connectivity index is 1.57. The first kappa shape index (κ1) is 18.3. The van der Waals surface area contributed by atoms with Gasteiger partial charge in [0.1, 0.15) is 18.2 Å². The van der Waals surface area contributed by atoms with Gasteiger partial charge in [-0.2, -0.15) is 0 Å². The van der Waals surface area contributed by atoms with Gasteiger partial charge in [-0.3, -0.25) is 9.78 Å². The Bertz CT molecular complexity index is 917. The summed E-state index contributed by atoms with van der Waals surface area (Å²) in [6.07, 6.45) is 5.03. The number of ether oxygens (including phenoxy) is 1. The Hall–Kier alpha value is -3.52. The molecule has 138 valence electrons. The molecule has 2 aromatic heterocycles. The van der Waals surface area contributed by atoms with E-state index in [9.17, 15) is 4.79 Å². The molecule has 0 saturated heterocycles. The average molecular weight is 364 g/mol. The molecule has 0 fully saturated rings. The molecule has 3 aromatic rings. The first-order chi connectivity index (χ1) is 13.1. The monoisotopic (exact) mass is 364 g/mol. The largest absolute Gasteiger partial charge is 0.382 e. The quantitative estimate of drug-likeness (QED) is 0.436. The zero-order valence-electron chi connectivity index (χ0n) is 14.8. The van der Waals surface area contributed by atoms with Crippen LogP contribution in [-0.2, 0) is 16.1 Å². The summed E-state index contributed by atoms with van der Waals surface area (Å²) >= 11 is 0. The molecule has 0 atom stereocenters. The molecule has 1 amide bonds. The molecule has 0 aliphatic carbocycles. The molecule has 1 aromatic carbocycles. The highest BCUT2D eigenvalue weighted by molar-refractivity contribution is 5.89. The Labute approximate surface area is 156 Å². The summed E-state index contributed by atoms with van der Waals surface area (Å²) < 4.78 is 5.62. The smallest absolute Gasteiger partial charge is 0.221 e. The van der Waals surface area contributed by atoms with E-state index in [2.05, 4.69) is 25.6 Å². The van der Waals surface area contributed by atoms with Crippen LogP contribution in [0.2, 0.25) is 0 Å². The van der Waals surface area contributed by atoms with Gasteiger partial charge in [0.2, 0.25) is 5.91 Å². The summed E-state index contributed by atoms with van der Waals surface area (Å²) in [5.41, 5.74) is 9.54. The van der Waals surface area contributed by atoms with Gasteiger partial charge in [-0.1, -0.05) is 6.07 Å². The van der Waals surface area contributed by atoms with Crippen LogP contribution in [0, 0.1) is 0 Å². The number of hydrogen-bond donors (Lipinski definition) is 3. The second kappa shape index (κ2) is 8.72. The first-order valence-corrected chi connectivity index (χ1v) is 8.33. The van der Waals surface area contributed by atoms with Crippen LogP contribution in [0.1, 0.15) is 12.6 Å². The van der Waals surface area contributed by atoms with E-state index in [1.165, 1.54) is 6.92 Å². The van der Waals surface area contributed by atoms with E-state index in [4.69, 9.17) is 10.5 Å². The highest BCUT2D eigenvalue weighted by Crippen LogP contribution is 2.18. The number of aromatic nitrogens is 3. The Morgan fingerprint density at radius 2 is 2.04 bits per heavy atom. The minimum Gasteiger partial charge on any atom is -0.382 e. The molecule has 2 heterocycles. The van der Waals surface area contributed by atoms with Gasteiger partial charge in [-0.05, 0) is 30.3 Å². The van der Waals surface area contributed by atoms with Crippen molar-refractivity contribution in [1.82, 2.24) is 15.0 Å². The number of nitrogens with zero attached hydrogens (tertiary/aromatic N) is 3. The van der Waals surface area contributed by atoms with Crippen LogP contribution in [0.4, 0.5) is 17.2 Å². The maximum absolute atomic E-state index is 11.1. The van der Waals surface area contributed by atoms with Crippen molar-refractivity contribution in [3.8, 4) is 11.3 Å². The maximum atomic E-state index is 11.1. The third-order valence-corrected chi connectivity index (χ3v) is 3.63. The third-order valence-electron chi connectivity index (χ3n) is 3.63. The molecule has 0 aliphatic rings. The Morgan fingerprint density at radius 1 is 1.19 bits per heavy atom. The van der Waals surface area contributed by atoms with E-state index in [0.29, 0.717) is 22.9 Å². The molecular formula is C19H20N6O2. The number of hydrogen-bond acceptors (Lipinski definition) is 7. The lowest BCUT2D eigenvalue weighted by Gasteiger charge is -2.11. The zero-order chi connectivity index (χ0) is 19.1. The molecule has 8 heteroatoms. The van der Waals surface area contributed by atoms with Gasteiger partial charge in [0.05, 0.1) is 18.5 Å². The fourth-order valence-corrected chi connectivity index (χ4v) is 2.39. The number of benzene rings is 1. The average Bonchev–Trinajstić information content (AvgIpc) is 2.67. The van der Waals surface area contributed by atoms with E-state index in [1.807, 2.05) is 36.4 Å². The fraction of sp³-hybridized carbons (Fsp3) is 0.158. The van der Waals surface area contributed by atoms with Gasteiger partial charge in [-0.25, -0.2) is 9.97 Å². The van der Waals surface area contributed by atoms with E-state index in [-0.39, 0.29) is 19.2 Å². The summed E-state index contributed by atoms with van der Waals surface area (Å²) in [7, 11) is 0. The van der Waals surface area contributed by atoms with Gasteiger partial charge >= 0.3 is 0 Å². The van der Waals surface area contributed by atoms with Gasteiger partial charge in [-0.15, -0.1) is 0 Å². The molecule has 3 rings (SSSR count). The summed E-state index contributed by atoms with van der Waals surface area (Å²) in [5.74, 6) is 0.209. The van der Waals surface area contributed by atoms with Gasteiger partial charge in [0, 0.05) is 36.3 Å². The molecule has 0 bridgehead atoms. The number of nitrogens with one attached hydrogen (secondary N) is 2. The first-order valence-electron chi connectivity index (χ1n) is 8.33. The number of carbonyl (C=O) groups is 1. The summed E-state index contributed by atoms with van der Waals surface area (Å²) in [6, 6.07) is 11.1. The van der Waals surface area contributed by atoms with Crippen molar-refractivity contribution in [2.75, 3.05) is 23.1 Å². The molecule has 8 nitrogen and oxygen atoms in total. The van der Waals surface area contributed by atoms with Crippen molar-refractivity contribution >= 4 is 23.1 Å². The highest BCUT2D eigenvalue weighted by atomic mass is 16.5. The molecule has 0 radical (unpaired) electrons. The van der Waals surface area contributed by atoms with Crippen LogP contribution in [0.3, 0.4) is 0 Å². The number of anilines is 3. The number of nitrogens with two attached hydrogens (primary N) is 1. The normalized spacial score (nSPS) is 10.4. The van der Waals surface area contributed by atoms with Crippen molar-refractivity contribution in [1.29, 1.82) is 0 Å². The van der Waals surface area contributed by atoms with Crippen LogP contribution in [-0.4, -0.2) is 27.6 Å². The van der Waals surface area contributed by atoms with Crippen molar-refractivity contribution < 1.29 is 9.53 Å². The van der Waals surface area contributed by atoms with Crippen molar-refractivity contribution in [3.05, 3.63) is 60.7 Å². The van der Waals surface area contributed by atoms with Crippen LogP contribution in [0.5, 0.6) is 0 Å². The number of pyridine rings is 1. The van der Waals surface area contributed by atoms with Crippen LogP contribution in [0.25, 0.3) is 11.3 Å². The summed E-state index contributed by atoms with van der Waals surface area (Å²) in [4.78, 5) is 23.9. The van der Waals surface area contributed by atoms with Crippen LogP contribution in [0.15, 0.2) is 55.0 Å². The summed E-state index contributed by atoms with van der Waals surface area (Å²) in [5, 5.41) is 5.85. The second-order valence-corrected chi connectivity index (χ2v) is 5.76. The van der Waals surface area contributed by atoms with E-state index in [0.717, 1.165) is 11.3 Å².